The molecule has 2 aromatic heterocycles. The van der Waals surface area contributed by atoms with Gasteiger partial charge in [0.1, 0.15) is 5.56 Å². The minimum atomic E-state index is -1.01. The number of rotatable bonds is 5. The molecule has 0 aliphatic rings. The second kappa shape index (κ2) is 5.01. The second-order valence-electron chi connectivity index (χ2n) is 3.93. The molecule has 96 valence electrons. The highest BCUT2D eigenvalue weighted by Gasteiger charge is 2.16. The summed E-state index contributed by atoms with van der Waals surface area (Å²) in [6.45, 7) is 1.17. The quantitative estimate of drug-likeness (QED) is 0.663. The van der Waals surface area contributed by atoms with Crippen LogP contribution in [0.1, 0.15) is 16.8 Å². The number of aromatic carboxylic acids is 1. The lowest BCUT2D eigenvalue weighted by atomic mass is 10.2. The highest BCUT2D eigenvalue weighted by Crippen LogP contribution is 2.25. The highest BCUT2D eigenvalue weighted by molar-refractivity contribution is 6.03. The van der Waals surface area contributed by atoms with Gasteiger partial charge in [-0.2, -0.15) is 5.10 Å². The van der Waals surface area contributed by atoms with E-state index < -0.39 is 5.97 Å². The summed E-state index contributed by atoms with van der Waals surface area (Å²) in [5.74, 6) is -1.01. The first-order chi connectivity index (χ1) is 8.65. The van der Waals surface area contributed by atoms with Crippen LogP contribution in [0.15, 0.2) is 12.4 Å². The molecule has 7 nitrogen and oxygen atoms in total. The van der Waals surface area contributed by atoms with Crippen LogP contribution in [0.3, 0.4) is 0 Å². The fourth-order valence-corrected chi connectivity index (χ4v) is 1.76. The molecule has 0 saturated heterocycles. The smallest absolute Gasteiger partial charge is 0.339 e. The van der Waals surface area contributed by atoms with Crippen molar-refractivity contribution in [2.45, 2.75) is 6.42 Å². The Bertz CT molecular complexity index is 578. The summed E-state index contributed by atoms with van der Waals surface area (Å²) in [5.41, 5.74) is 6.77. The van der Waals surface area contributed by atoms with Gasteiger partial charge in [-0.1, -0.05) is 0 Å². The first-order valence-corrected chi connectivity index (χ1v) is 5.63. The molecule has 0 amide bonds. The Kier molecular flexibility index (Phi) is 3.42. The first-order valence-electron chi connectivity index (χ1n) is 5.63. The van der Waals surface area contributed by atoms with E-state index in [0.717, 1.165) is 6.42 Å². The fraction of sp³-hybridized carbons (Fsp3) is 0.364. The normalized spacial score (nSPS) is 10.8. The molecular formula is C11H15N5O2. The summed E-state index contributed by atoms with van der Waals surface area (Å²) >= 11 is 0. The Balaban J connectivity index is 2.48. The number of nitrogens with zero attached hydrogens (tertiary/aromatic N) is 3. The Labute approximate surface area is 104 Å². The number of fused-ring (bicyclic) bond motifs is 1. The molecule has 0 atom stereocenters. The average Bonchev–Trinajstić information content (AvgIpc) is 2.72. The van der Waals surface area contributed by atoms with Crippen LogP contribution in [0.4, 0.5) is 5.69 Å². The van der Waals surface area contributed by atoms with Gasteiger partial charge in [0.25, 0.3) is 0 Å². The first kappa shape index (κ1) is 12.3. The molecule has 0 aliphatic carbocycles. The molecule has 18 heavy (non-hydrogen) atoms. The van der Waals surface area contributed by atoms with Gasteiger partial charge < -0.3 is 16.2 Å². The molecule has 0 aromatic carbocycles. The van der Waals surface area contributed by atoms with E-state index in [1.54, 1.807) is 17.9 Å². The van der Waals surface area contributed by atoms with Crippen LogP contribution < -0.4 is 11.1 Å². The van der Waals surface area contributed by atoms with E-state index in [-0.39, 0.29) is 5.56 Å². The number of hydrogen-bond acceptors (Lipinski definition) is 5. The predicted octanol–water partition coefficient (Wildman–Crippen LogP) is 0.427. The van der Waals surface area contributed by atoms with Gasteiger partial charge in [0.05, 0.1) is 17.3 Å². The molecule has 2 aromatic rings. The van der Waals surface area contributed by atoms with Crippen molar-refractivity contribution in [1.82, 2.24) is 14.8 Å². The van der Waals surface area contributed by atoms with E-state index in [2.05, 4.69) is 15.4 Å². The summed E-state index contributed by atoms with van der Waals surface area (Å²) in [5, 5.41) is 17.0. The SMILES string of the molecule is Cn1ncc2c(NCCCN)c(C(=O)O)cnc21. The maximum absolute atomic E-state index is 11.2. The maximum atomic E-state index is 11.2. The van der Waals surface area contributed by atoms with Crippen molar-refractivity contribution in [3.8, 4) is 0 Å². The van der Waals surface area contributed by atoms with Crippen molar-refractivity contribution >= 4 is 22.7 Å². The molecule has 0 saturated carbocycles. The number of nitrogens with two attached hydrogens (primary N) is 1. The monoisotopic (exact) mass is 249 g/mol. The van der Waals surface area contributed by atoms with Crippen molar-refractivity contribution in [2.24, 2.45) is 12.8 Å². The van der Waals surface area contributed by atoms with E-state index >= 15 is 0 Å². The van der Waals surface area contributed by atoms with Gasteiger partial charge in [-0.05, 0) is 13.0 Å². The summed E-state index contributed by atoms with van der Waals surface area (Å²) in [6, 6.07) is 0. The van der Waals surface area contributed by atoms with Gasteiger partial charge >= 0.3 is 5.97 Å². The van der Waals surface area contributed by atoms with E-state index in [1.165, 1.54) is 6.20 Å². The summed E-state index contributed by atoms with van der Waals surface area (Å²) < 4.78 is 1.61. The Hall–Kier alpha value is -2.15. The minimum Gasteiger partial charge on any atom is -0.478 e. The second-order valence-corrected chi connectivity index (χ2v) is 3.93. The summed E-state index contributed by atoms with van der Waals surface area (Å²) in [6.07, 6.45) is 3.72. The predicted molar refractivity (Wildman–Crippen MR) is 67.6 cm³/mol. The molecule has 0 unspecified atom stereocenters. The number of carbonyl (C=O) groups is 1. The summed E-state index contributed by atoms with van der Waals surface area (Å²) in [4.78, 5) is 15.3. The third-order valence-electron chi connectivity index (χ3n) is 2.68. The lowest BCUT2D eigenvalue weighted by molar-refractivity contribution is 0.0697. The van der Waals surface area contributed by atoms with Crippen molar-refractivity contribution in [2.75, 3.05) is 18.4 Å². The zero-order valence-corrected chi connectivity index (χ0v) is 10.1. The van der Waals surface area contributed by atoms with Crippen LogP contribution in [-0.4, -0.2) is 38.9 Å². The Morgan fingerprint density at radius 3 is 3.00 bits per heavy atom. The van der Waals surface area contributed by atoms with Gasteiger partial charge in [-0.25, -0.2) is 9.78 Å². The van der Waals surface area contributed by atoms with Crippen LogP contribution in [0.2, 0.25) is 0 Å². The van der Waals surface area contributed by atoms with E-state index in [4.69, 9.17) is 10.8 Å². The standard InChI is InChI=1S/C11H15N5O2/c1-16-10-7(6-15-16)9(13-4-2-3-12)8(5-14-10)11(17)18/h5-6H,2-4,12H2,1H3,(H,13,14)(H,17,18). The number of aromatic nitrogens is 3. The third-order valence-corrected chi connectivity index (χ3v) is 2.68. The van der Waals surface area contributed by atoms with Crippen LogP contribution in [0, 0.1) is 0 Å². The van der Waals surface area contributed by atoms with Gasteiger partial charge in [-0.15, -0.1) is 0 Å². The minimum absolute atomic E-state index is 0.146. The average molecular weight is 249 g/mol. The van der Waals surface area contributed by atoms with Gasteiger partial charge in [-0.3, -0.25) is 4.68 Å². The zero-order chi connectivity index (χ0) is 13.1. The number of anilines is 1. The lowest BCUT2D eigenvalue weighted by Gasteiger charge is -2.10. The van der Waals surface area contributed by atoms with Gasteiger partial charge in [0.15, 0.2) is 5.65 Å². The zero-order valence-electron chi connectivity index (χ0n) is 10.1. The fourth-order valence-electron chi connectivity index (χ4n) is 1.76. The van der Waals surface area contributed by atoms with Gasteiger partial charge in [0.2, 0.25) is 0 Å². The molecular weight excluding hydrogens is 234 g/mol. The van der Waals surface area contributed by atoms with E-state index in [0.29, 0.717) is 29.8 Å². The number of carboxylic acid groups (broad SMARTS) is 1. The van der Waals surface area contributed by atoms with Crippen LogP contribution in [-0.2, 0) is 7.05 Å². The van der Waals surface area contributed by atoms with Crippen molar-refractivity contribution in [1.29, 1.82) is 0 Å². The van der Waals surface area contributed by atoms with Gasteiger partial charge in [0, 0.05) is 19.8 Å². The molecule has 7 heteroatoms. The molecule has 2 heterocycles. The summed E-state index contributed by atoms with van der Waals surface area (Å²) in [7, 11) is 1.76. The Morgan fingerprint density at radius 2 is 2.33 bits per heavy atom. The number of hydrogen-bond donors (Lipinski definition) is 3. The molecule has 0 fully saturated rings. The van der Waals surface area contributed by atoms with Crippen LogP contribution in [0.25, 0.3) is 11.0 Å². The largest absolute Gasteiger partial charge is 0.478 e. The van der Waals surface area contributed by atoms with Crippen molar-refractivity contribution in [3.63, 3.8) is 0 Å². The maximum Gasteiger partial charge on any atom is 0.339 e. The molecule has 0 radical (unpaired) electrons. The molecule has 0 bridgehead atoms. The van der Waals surface area contributed by atoms with Crippen LogP contribution >= 0.6 is 0 Å². The number of carboxylic acids is 1. The van der Waals surface area contributed by atoms with E-state index in [1.807, 2.05) is 0 Å². The topological polar surface area (TPSA) is 106 Å². The van der Waals surface area contributed by atoms with E-state index in [9.17, 15) is 4.79 Å². The number of aryl methyl sites for hydroxylation is 1. The van der Waals surface area contributed by atoms with Crippen LogP contribution in [0.5, 0.6) is 0 Å². The van der Waals surface area contributed by atoms with Crippen molar-refractivity contribution < 1.29 is 9.90 Å². The highest BCUT2D eigenvalue weighted by atomic mass is 16.4. The lowest BCUT2D eigenvalue weighted by Crippen LogP contribution is -2.12. The Morgan fingerprint density at radius 1 is 1.56 bits per heavy atom. The third kappa shape index (κ3) is 2.12. The molecule has 2 rings (SSSR count). The number of nitrogens with one attached hydrogen (secondary N) is 1. The molecule has 4 N–H and O–H groups in total. The molecule has 0 aliphatic heterocycles. The van der Waals surface area contributed by atoms with Crippen molar-refractivity contribution in [3.05, 3.63) is 18.0 Å². The molecule has 0 spiro atoms. The number of pyridine rings is 1.